The van der Waals surface area contributed by atoms with Gasteiger partial charge in [-0.1, -0.05) is 12.1 Å². The van der Waals surface area contributed by atoms with Gasteiger partial charge in [0.25, 0.3) is 0 Å². The molecule has 1 aromatic rings. The summed E-state index contributed by atoms with van der Waals surface area (Å²) in [5, 5.41) is 0. The minimum absolute atomic E-state index is 0.0233. The molecule has 3 rings (SSSR count). The van der Waals surface area contributed by atoms with Crippen LogP contribution in [0.1, 0.15) is 18.4 Å². The fraction of sp³-hybridized carbons (Fsp3) is 0.579. The van der Waals surface area contributed by atoms with Crippen LogP contribution in [0.25, 0.3) is 0 Å². The highest BCUT2D eigenvalue weighted by molar-refractivity contribution is 7.91. The zero-order chi connectivity index (χ0) is 19.6. The van der Waals surface area contributed by atoms with Crippen LogP contribution >= 0.6 is 0 Å². The summed E-state index contributed by atoms with van der Waals surface area (Å²) in [6, 6.07) is 7.44. The monoisotopic (exact) mass is 394 g/mol. The first-order chi connectivity index (χ1) is 12.8. The van der Waals surface area contributed by atoms with Crippen LogP contribution in [0, 0.1) is 5.92 Å². The lowest BCUT2D eigenvalue weighted by molar-refractivity contribution is -0.136. The van der Waals surface area contributed by atoms with Crippen molar-refractivity contribution in [2.45, 2.75) is 25.3 Å². The number of likely N-dealkylation sites (tertiary alicyclic amines) is 1. The number of rotatable bonds is 6. The van der Waals surface area contributed by atoms with Crippen molar-refractivity contribution in [2.24, 2.45) is 5.92 Å². The van der Waals surface area contributed by atoms with Crippen LogP contribution in [0.15, 0.2) is 24.3 Å². The molecule has 0 bridgehead atoms. The van der Waals surface area contributed by atoms with Crippen LogP contribution in [0.2, 0.25) is 0 Å². The fourth-order valence-corrected chi connectivity index (χ4v) is 5.57. The summed E-state index contributed by atoms with van der Waals surface area (Å²) in [5.74, 6) is 0.386. The van der Waals surface area contributed by atoms with Gasteiger partial charge in [0, 0.05) is 32.6 Å². The number of sulfone groups is 1. The van der Waals surface area contributed by atoms with E-state index < -0.39 is 15.8 Å². The van der Waals surface area contributed by atoms with E-state index in [4.69, 9.17) is 4.74 Å². The Kier molecular flexibility index (Phi) is 5.74. The van der Waals surface area contributed by atoms with Gasteiger partial charge in [-0.15, -0.1) is 0 Å². The standard InChI is InChI=1S/C19H26N2O5S/c1-20(16-7-9-27(24,25)13-16)19(23)15-11-18(22)21(12-15)8-6-14-4-3-5-17(10-14)26-2/h3-5,10,15-16H,6-9,11-13H2,1-2H3. The Morgan fingerprint density at radius 1 is 1.37 bits per heavy atom. The maximum atomic E-state index is 12.7. The average molecular weight is 394 g/mol. The highest BCUT2D eigenvalue weighted by Crippen LogP contribution is 2.24. The van der Waals surface area contributed by atoms with Gasteiger partial charge < -0.3 is 14.5 Å². The third kappa shape index (κ3) is 4.61. The molecule has 0 aliphatic carbocycles. The Morgan fingerprint density at radius 3 is 2.81 bits per heavy atom. The van der Waals surface area contributed by atoms with Crippen LogP contribution in [-0.2, 0) is 25.8 Å². The fourth-order valence-electron chi connectivity index (χ4n) is 3.79. The maximum Gasteiger partial charge on any atom is 0.228 e. The van der Waals surface area contributed by atoms with E-state index in [1.807, 2.05) is 24.3 Å². The normalized spacial score (nSPS) is 24.2. The van der Waals surface area contributed by atoms with Crippen molar-refractivity contribution < 1.29 is 22.7 Å². The van der Waals surface area contributed by atoms with Gasteiger partial charge in [0.1, 0.15) is 5.75 Å². The third-order valence-electron chi connectivity index (χ3n) is 5.47. The summed E-state index contributed by atoms with van der Waals surface area (Å²) < 4.78 is 28.5. The molecule has 0 saturated carbocycles. The zero-order valence-corrected chi connectivity index (χ0v) is 16.6. The van der Waals surface area contributed by atoms with E-state index in [9.17, 15) is 18.0 Å². The minimum Gasteiger partial charge on any atom is -0.497 e. The summed E-state index contributed by atoms with van der Waals surface area (Å²) in [4.78, 5) is 28.3. The summed E-state index contributed by atoms with van der Waals surface area (Å²) in [5.41, 5.74) is 1.07. The molecule has 2 heterocycles. The van der Waals surface area contributed by atoms with Gasteiger partial charge in [-0.2, -0.15) is 0 Å². The highest BCUT2D eigenvalue weighted by Gasteiger charge is 2.39. The first-order valence-corrected chi connectivity index (χ1v) is 11.0. The van der Waals surface area contributed by atoms with Crippen molar-refractivity contribution in [3.8, 4) is 5.75 Å². The Labute approximate surface area is 160 Å². The van der Waals surface area contributed by atoms with Crippen molar-refractivity contribution in [3.05, 3.63) is 29.8 Å². The second-order valence-electron chi connectivity index (χ2n) is 7.35. The first-order valence-electron chi connectivity index (χ1n) is 9.17. The summed E-state index contributed by atoms with van der Waals surface area (Å²) in [7, 11) is 0.221. The molecule has 2 amide bonds. The van der Waals surface area contributed by atoms with Crippen LogP contribution < -0.4 is 4.74 Å². The van der Waals surface area contributed by atoms with Crippen molar-refractivity contribution >= 4 is 21.7 Å². The van der Waals surface area contributed by atoms with Crippen molar-refractivity contribution in [3.63, 3.8) is 0 Å². The molecular formula is C19H26N2O5S. The van der Waals surface area contributed by atoms with Crippen LogP contribution in [0.4, 0.5) is 0 Å². The van der Waals surface area contributed by atoms with E-state index in [0.29, 0.717) is 25.9 Å². The smallest absolute Gasteiger partial charge is 0.228 e. The predicted octanol–water partition coefficient (Wildman–Crippen LogP) is 0.732. The number of hydrogen-bond acceptors (Lipinski definition) is 5. The lowest BCUT2D eigenvalue weighted by atomic mass is 10.1. The van der Waals surface area contributed by atoms with Crippen molar-refractivity contribution in [1.29, 1.82) is 0 Å². The van der Waals surface area contributed by atoms with E-state index in [0.717, 1.165) is 11.3 Å². The molecule has 8 heteroatoms. The highest BCUT2D eigenvalue weighted by atomic mass is 32.2. The van der Waals surface area contributed by atoms with E-state index in [2.05, 4.69) is 0 Å². The second-order valence-corrected chi connectivity index (χ2v) is 9.58. The number of hydrogen-bond donors (Lipinski definition) is 0. The number of methoxy groups -OCH3 is 1. The molecule has 0 radical (unpaired) electrons. The Morgan fingerprint density at radius 2 is 2.15 bits per heavy atom. The molecule has 0 N–H and O–H groups in total. The largest absolute Gasteiger partial charge is 0.497 e. The number of carbonyl (C=O) groups excluding carboxylic acids is 2. The van der Waals surface area contributed by atoms with E-state index in [-0.39, 0.29) is 35.8 Å². The quantitative estimate of drug-likeness (QED) is 0.710. The first kappa shape index (κ1) is 19.7. The molecule has 27 heavy (non-hydrogen) atoms. The molecule has 2 unspecified atom stereocenters. The SMILES string of the molecule is COc1cccc(CCN2CC(C(=O)N(C)C3CCS(=O)(=O)C3)CC2=O)c1. The van der Waals surface area contributed by atoms with Gasteiger partial charge in [-0.05, 0) is 30.5 Å². The summed E-state index contributed by atoms with van der Waals surface area (Å²) >= 11 is 0. The molecule has 7 nitrogen and oxygen atoms in total. The van der Waals surface area contributed by atoms with E-state index in [1.165, 1.54) is 4.90 Å². The van der Waals surface area contributed by atoms with Crippen molar-refractivity contribution in [1.82, 2.24) is 9.80 Å². The molecule has 2 aliphatic heterocycles. The second kappa shape index (κ2) is 7.88. The Balaban J connectivity index is 1.55. The minimum atomic E-state index is -3.05. The van der Waals surface area contributed by atoms with Gasteiger partial charge in [-0.25, -0.2) is 8.42 Å². The molecule has 0 spiro atoms. The van der Waals surface area contributed by atoms with Gasteiger partial charge >= 0.3 is 0 Å². The number of ether oxygens (including phenoxy) is 1. The number of amides is 2. The number of nitrogens with zero attached hydrogens (tertiary/aromatic N) is 2. The van der Waals surface area contributed by atoms with Crippen molar-refractivity contribution in [2.75, 3.05) is 38.8 Å². The van der Waals surface area contributed by atoms with Gasteiger partial charge in [0.2, 0.25) is 11.8 Å². The maximum absolute atomic E-state index is 12.7. The zero-order valence-electron chi connectivity index (χ0n) is 15.8. The number of benzene rings is 1. The van der Waals surface area contributed by atoms with Crippen LogP contribution in [0.5, 0.6) is 5.75 Å². The molecular weight excluding hydrogens is 368 g/mol. The molecule has 2 atom stereocenters. The average Bonchev–Trinajstić information content (AvgIpc) is 3.20. The van der Waals surface area contributed by atoms with Crippen LogP contribution in [0.3, 0.4) is 0 Å². The van der Waals surface area contributed by atoms with Gasteiger partial charge in [0.05, 0.1) is 24.5 Å². The lowest BCUT2D eigenvalue weighted by Crippen LogP contribution is -2.42. The lowest BCUT2D eigenvalue weighted by Gasteiger charge is -2.26. The Hall–Kier alpha value is -2.09. The number of carbonyl (C=O) groups is 2. The van der Waals surface area contributed by atoms with Crippen LogP contribution in [-0.4, -0.2) is 74.8 Å². The Bertz CT molecular complexity index is 823. The topological polar surface area (TPSA) is 84.0 Å². The molecule has 0 aromatic heterocycles. The summed E-state index contributed by atoms with van der Waals surface area (Å²) in [6.07, 6.45) is 1.37. The molecule has 2 fully saturated rings. The van der Waals surface area contributed by atoms with Gasteiger partial charge in [0.15, 0.2) is 9.84 Å². The molecule has 2 saturated heterocycles. The van der Waals surface area contributed by atoms with Gasteiger partial charge in [-0.3, -0.25) is 9.59 Å². The van der Waals surface area contributed by atoms with E-state index >= 15 is 0 Å². The molecule has 148 valence electrons. The third-order valence-corrected chi connectivity index (χ3v) is 7.22. The van der Waals surface area contributed by atoms with E-state index in [1.54, 1.807) is 19.1 Å². The molecule has 1 aromatic carbocycles. The predicted molar refractivity (Wildman–Crippen MR) is 101 cm³/mol. The molecule has 2 aliphatic rings. The summed E-state index contributed by atoms with van der Waals surface area (Å²) in [6.45, 7) is 0.947.